The summed E-state index contributed by atoms with van der Waals surface area (Å²) in [5.74, 6) is -0.639. The number of carbonyl (C=O) groups excluding carboxylic acids is 1. The van der Waals surface area contributed by atoms with Gasteiger partial charge in [-0.2, -0.15) is 0 Å². The molecule has 1 aromatic heterocycles. The van der Waals surface area contributed by atoms with Crippen molar-refractivity contribution in [2.75, 3.05) is 5.73 Å². The Morgan fingerprint density at radius 3 is 2.91 bits per heavy atom. The molecule has 0 aliphatic rings. The SMILES string of the molecule is Cc1c(N)cnc(C=O)c1F. The molecule has 0 radical (unpaired) electrons. The van der Waals surface area contributed by atoms with Gasteiger partial charge in [0.1, 0.15) is 5.69 Å². The number of pyridine rings is 1. The van der Waals surface area contributed by atoms with Crippen molar-refractivity contribution in [1.82, 2.24) is 4.98 Å². The van der Waals surface area contributed by atoms with Gasteiger partial charge in [0, 0.05) is 5.56 Å². The Morgan fingerprint density at radius 2 is 2.36 bits per heavy atom. The fourth-order valence-corrected chi connectivity index (χ4v) is 0.694. The smallest absolute Gasteiger partial charge is 0.171 e. The molecular weight excluding hydrogens is 147 g/mol. The fourth-order valence-electron chi connectivity index (χ4n) is 0.694. The van der Waals surface area contributed by atoms with E-state index in [9.17, 15) is 9.18 Å². The lowest BCUT2D eigenvalue weighted by molar-refractivity contribution is 0.111. The predicted molar refractivity (Wildman–Crippen MR) is 38.7 cm³/mol. The average Bonchev–Trinajstić information content (AvgIpc) is 2.01. The maximum atomic E-state index is 12.9. The van der Waals surface area contributed by atoms with Crippen LogP contribution in [0.2, 0.25) is 0 Å². The van der Waals surface area contributed by atoms with Gasteiger partial charge in [-0.25, -0.2) is 9.37 Å². The summed E-state index contributed by atoms with van der Waals surface area (Å²) in [6.07, 6.45) is 1.63. The zero-order chi connectivity index (χ0) is 8.43. The van der Waals surface area contributed by atoms with Crippen LogP contribution in [0, 0.1) is 12.7 Å². The number of nitrogens with zero attached hydrogens (tertiary/aromatic N) is 1. The van der Waals surface area contributed by atoms with Crippen LogP contribution in [0.5, 0.6) is 0 Å². The minimum absolute atomic E-state index is 0.197. The zero-order valence-electron chi connectivity index (χ0n) is 5.97. The van der Waals surface area contributed by atoms with E-state index in [0.717, 1.165) is 0 Å². The first-order chi connectivity index (χ1) is 5.16. The van der Waals surface area contributed by atoms with Crippen LogP contribution in [0.1, 0.15) is 16.1 Å². The van der Waals surface area contributed by atoms with Gasteiger partial charge in [0.05, 0.1) is 11.9 Å². The summed E-state index contributed by atoms with van der Waals surface area (Å²) >= 11 is 0. The summed E-state index contributed by atoms with van der Waals surface area (Å²) in [7, 11) is 0. The fraction of sp³-hybridized carbons (Fsp3) is 0.143. The molecule has 1 heterocycles. The Bertz CT molecular complexity index is 299. The number of rotatable bonds is 1. The molecule has 0 amide bonds. The van der Waals surface area contributed by atoms with E-state index in [1.54, 1.807) is 0 Å². The number of nitrogens with two attached hydrogens (primary N) is 1. The first-order valence-electron chi connectivity index (χ1n) is 3.02. The Morgan fingerprint density at radius 1 is 1.73 bits per heavy atom. The Balaban J connectivity index is 3.36. The summed E-state index contributed by atoms with van der Waals surface area (Å²) in [5, 5.41) is 0. The third-order valence-electron chi connectivity index (χ3n) is 1.44. The van der Waals surface area contributed by atoms with Gasteiger partial charge in [0.2, 0.25) is 0 Å². The summed E-state index contributed by atoms with van der Waals surface area (Å²) < 4.78 is 12.9. The van der Waals surface area contributed by atoms with Gasteiger partial charge in [0.15, 0.2) is 12.1 Å². The van der Waals surface area contributed by atoms with Crippen LogP contribution in [0.3, 0.4) is 0 Å². The maximum Gasteiger partial charge on any atom is 0.171 e. The first-order valence-corrected chi connectivity index (χ1v) is 3.02. The largest absolute Gasteiger partial charge is 0.397 e. The summed E-state index contributed by atoms with van der Waals surface area (Å²) in [6.45, 7) is 1.50. The van der Waals surface area contributed by atoms with Crippen molar-refractivity contribution < 1.29 is 9.18 Å². The number of halogens is 1. The second kappa shape index (κ2) is 2.65. The van der Waals surface area contributed by atoms with Crippen molar-refractivity contribution in [3.63, 3.8) is 0 Å². The summed E-state index contributed by atoms with van der Waals surface area (Å²) in [6, 6.07) is 0. The monoisotopic (exact) mass is 154 g/mol. The van der Waals surface area contributed by atoms with E-state index in [1.165, 1.54) is 13.1 Å². The van der Waals surface area contributed by atoms with Crippen molar-refractivity contribution in [2.45, 2.75) is 6.92 Å². The Labute approximate surface area is 63.0 Å². The summed E-state index contributed by atoms with van der Waals surface area (Å²) in [4.78, 5) is 13.6. The number of hydrogen-bond donors (Lipinski definition) is 1. The Hall–Kier alpha value is -1.45. The van der Waals surface area contributed by atoms with Crippen molar-refractivity contribution in [3.8, 4) is 0 Å². The second-order valence-electron chi connectivity index (χ2n) is 2.16. The number of carbonyl (C=O) groups is 1. The molecule has 3 nitrogen and oxygen atoms in total. The maximum absolute atomic E-state index is 12.9. The highest BCUT2D eigenvalue weighted by Gasteiger charge is 2.07. The minimum atomic E-state index is -0.639. The van der Waals surface area contributed by atoms with Gasteiger partial charge in [0.25, 0.3) is 0 Å². The van der Waals surface area contributed by atoms with Crippen molar-refractivity contribution in [2.24, 2.45) is 0 Å². The molecule has 4 heteroatoms. The third-order valence-corrected chi connectivity index (χ3v) is 1.44. The minimum Gasteiger partial charge on any atom is -0.397 e. The quantitative estimate of drug-likeness (QED) is 0.612. The second-order valence-corrected chi connectivity index (χ2v) is 2.16. The van der Waals surface area contributed by atoms with Crippen LogP contribution < -0.4 is 5.73 Å². The first kappa shape index (κ1) is 7.65. The number of nitrogen functional groups attached to an aromatic ring is 1. The molecule has 0 unspecified atom stereocenters. The van der Waals surface area contributed by atoms with Crippen molar-refractivity contribution >= 4 is 12.0 Å². The molecule has 11 heavy (non-hydrogen) atoms. The normalized spacial score (nSPS) is 9.64. The number of anilines is 1. The van der Waals surface area contributed by atoms with Gasteiger partial charge in [-0.05, 0) is 6.92 Å². The molecule has 0 spiro atoms. The zero-order valence-corrected chi connectivity index (χ0v) is 5.97. The molecule has 1 rings (SSSR count). The molecule has 0 bridgehead atoms. The molecule has 58 valence electrons. The molecule has 2 N–H and O–H groups in total. The molecular formula is C7H7FN2O. The average molecular weight is 154 g/mol. The number of aldehydes is 1. The van der Waals surface area contributed by atoms with E-state index in [1.807, 2.05) is 0 Å². The van der Waals surface area contributed by atoms with E-state index in [4.69, 9.17) is 5.73 Å². The molecule has 0 saturated carbocycles. The molecule has 0 aromatic carbocycles. The topological polar surface area (TPSA) is 56.0 Å². The molecule has 0 aliphatic carbocycles. The van der Waals surface area contributed by atoms with Crippen LogP contribution in [-0.2, 0) is 0 Å². The van der Waals surface area contributed by atoms with Crippen LogP contribution in [0.15, 0.2) is 6.20 Å². The Kier molecular flexibility index (Phi) is 1.85. The molecule has 1 aromatic rings. The number of aromatic nitrogens is 1. The highest BCUT2D eigenvalue weighted by Crippen LogP contribution is 2.14. The van der Waals surface area contributed by atoms with E-state index in [-0.39, 0.29) is 16.9 Å². The van der Waals surface area contributed by atoms with Gasteiger partial charge in [-0.1, -0.05) is 0 Å². The third kappa shape index (κ3) is 1.19. The lowest BCUT2D eigenvalue weighted by atomic mass is 10.2. The lowest BCUT2D eigenvalue weighted by Gasteiger charge is -2.00. The van der Waals surface area contributed by atoms with Crippen LogP contribution in [0.25, 0.3) is 0 Å². The molecule has 0 atom stereocenters. The predicted octanol–water partition coefficient (Wildman–Crippen LogP) is 0.924. The van der Waals surface area contributed by atoms with Gasteiger partial charge < -0.3 is 5.73 Å². The lowest BCUT2D eigenvalue weighted by Crippen LogP contribution is -2.00. The highest BCUT2D eigenvalue weighted by molar-refractivity contribution is 5.73. The summed E-state index contributed by atoms with van der Waals surface area (Å²) in [5.41, 5.74) is 5.65. The van der Waals surface area contributed by atoms with E-state index >= 15 is 0 Å². The van der Waals surface area contributed by atoms with E-state index in [0.29, 0.717) is 6.29 Å². The van der Waals surface area contributed by atoms with Crippen molar-refractivity contribution in [1.29, 1.82) is 0 Å². The van der Waals surface area contributed by atoms with Gasteiger partial charge in [-0.3, -0.25) is 4.79 Å². The van der Waals surface area contributed by atoms with Crippen LogP contribution >= 0.6 is 0 Å². The number of hydrogen-bond acceptors (Lipinski definition) is 3. The van der Waals surface area contributed by atoms with Gasteiger partial charge >= 0.3 is 0 Å². The molecule has 0 saturated heterocycles. The van der Waals surface area contributed by atoms with E-state index in [2.05, 4.69) is 4.98 Å². The molecule has 0 aliphatic heterocycles. The van der Waals surface area contributed by atoms with Crippen molar-refractivity contribution in [3.05, 3.63) is 23.3 Å². The van der Waals surface area contributed by atoms with Gasteiger partial charge in [-0.15, -0.1) is 0 Å². The van der Waals surface area contributed by atoms with E-state index < -0.39 is 5.82 Å². The van der Waals surface area contributed by atoms with Crippen LogP contribution in [0.4, 0.5) is 10.1 Å². The standard InChI is InChI=1S/C7H7FN2O/c1-4-5(9)2-10-6(3-11)7(4)8/h2-3H,9H2,1H3. The van der Waals surface area contributed by atoms with Crippen LogP contribution in [-0.4, -0.2) is 11.3 Å². The molecule has 0 fully saturated rings. The highest BCUT2D eigenvalue weighted by atomic mass is 19.1.